The van der Waals surface area contributed by atoms with Gasteiger partial charge in [0.1, 0.15) is 6.61 Å². The van der Waals surface area contributed by atoms with Crippen LogP contribution in [-0.4, -0.2) is 53.5 Å². The number of ether oxygens (including phenoxy) is 1. The molecule has 2 aliphatic rings. The molecule has 0 heterocycles. The zero-order chi connectivity index (χ0) is 23.4. The molecular formula is C25H28N2O6. The van der Waals surface area contributed by atoms with Crippen LogP contribution in [0.25, 0.3) is 11.1 Å². The molecule has 1 fully saturated rings. The normalized spacial score (nSPS) is 19.9. The molecular weight excluding hydrogens is 424 g/mol. The molecule has 0 bridgehead atoms. The molecule has 2 aliphatic carbocycles. The molecule has 0 aromatic heterocycles. The number of carboxylic acids is 1. The van der Waals surface area contributed by atoms with Crippen LogP contribution in [0, 0.1) is 5.92 Å². The molecule has 0 radical (unpaired) electrons. The SMILES string of the molecule is O=C(NC1CCCC1C(=O)NCC[C@H](O)C(=O)O)OCC1c2ccccc2-c2ccccc21. The fourth-order valence-corrected chi connectivity index (χ4v) is 4.82. The van der Waals surface area contributed by atoms with Gasteiger partial charge in [-0.2, -0.15) is 0 Å². The van der Waals surface area contributed by atoms with Crippen LogP contribution in [0.15, 0.2) is 48.5 Å². The predicted octanol–water partition coefficient (Wildman–Crippen LogP) is 2.65. The van der Waals surface area contributed by atoms with Gasteiger partial charge in [-0.05, 0) is 35.1 Å². The highest BCUT2D eigenvalue weighted by Crippen LogP contribution is 2.44. The van der Waals surface area contributed by atoms with E-state index in [1.54, 1.807) is 0 Å². The van der Waals surface area contributed by atoms with Crippen molar-refractivity contribution in [3.8, 4) is 11.1 Å². The third kappa shape index (κ3) is 5.01. The first-order chi connectivity index (χ1) is 16.0. The second kappa shape index (κ2) is 10.0. The molecule has 3 atom stereocenters. The first-order valence-corrected chi connectivity index (χ1v) is 11.3. The van der Waals surface area contributed by atoms with E-state index in [0.29, 0.717) is 12.8 Å². The van der Waals surface area contributed by atoms with Crippen LogP contribution in [0.4, 0.5) is 4.79 Å². The number of fused-ring (bicyclic) bond motifs is 3. The van der Waals surface area contributed by atoms with Crippen LogP contribution >= 0.6 is 0 Å². The third-order valence-electron chi connectivity index (χ3n) is 6.50. The summed E-state index contributed by atoms with van der Waals surface area (Å²) < 4.78 is 5.59. The minimum absolute atomic E-state index is 0.0357. The Bertz CT molecular complexity index is 994. The van der Waals surface area contributed by atoms with E-state index in [9.17, 15) is 19.5 Å². The minimum Gasteiger partial charge on any atom is -0.479 e. The van der Waals surface area contributed by atoms with E-state index in [0.717, 1.165) is 28.7 Å². The van der Waals surface area contributed by atoms with Crippen LogP contribution in [0.2, 0.25) is 0 Å². The van der Waals surface area contributed by atoms with Crippen molar-refractivity contribution < 1.29 is 29.3 Å². The van der Waals surface area contributed by atoms with E-state index in [-0.39, 0.29) is 37.4 Å². The standard InChI is InChI=1S/C25H28N2O6/c28-22(24(30)31)12-13-26-23(29)19-10-5-11-21(19)27-25(32)33-14-20-17-8-3-1-6-15(17)16-7-2-4-9-18(16)20/h1-4,6-9,19-22,28H,5,10-14H2,(H,26,29)(H,27,32)(H,30,31)/t19?,21?,22-/m0/s1. The number of aliphatic carboxylic acids is 1. The maximum atomic E-state index is 12.6. The Labute approximate surface area is 192 Å². The largest absolute Gasteiger partial charge is 0.479 e. The van der Waals surface area contributed by atoms with E-state index in [2.05, 4.69) is 34.9 Å². The van der Waals surface area contributed by atoms with Gasteiger partial charge in [-0.3, -0.25) is 4.79 Å². The highest BCUT2D eigenvalue weighted by atomic mass is 16.5. The summed E-state index contributed by atoms with van der Waals surface area (Å²) in [5, 5.41) is 23.5. The Kier molecular flexibility index (Phi) is 6.93. The first kappa shape index (κ1) is 22.8. The summed E-state index contributed by atoms with van der Waals surface area (Å²) in [4.78, 5) is 35.7. The van der Waals surface area contributed by atoms with Gasteiger partial charge in [0, 0.05) is 24.9 Å². The van der Waals surface area contributed by atoms with Crippen molar-refractivity contribution in [2.24, 2.45) is 5.92 Å². The fourth-order valence-electron chi connectivity index (χ4n) is 4.82. The average Bonchev–Trinajstić information content (AvgIpc) is 3.40. The van der Waals surface area contributed by atoms with Gasteiger partial charge in [-0.1, -0.05) is 55.0 Å². The molecule has 1 saturated carbocycles. The second-order valence-electron chi connectivity index (χ2n) is 8.55. The molecule has 2 unspecified atom stereocenters. The van der Waals surface area contributed by atoms with Crippen molar-refractivity contribution in [3.63, 3.8) is 0 Å². The van der Waals surface area contributed by atoms with E-state index in [4.69, 9.17) is 9.84 Å². The Balaban J connectivity index is 1.31. The van der Waals surface area contributed by atoms with Crippen LogP contribution in [0.3, 0.4) is 0 Å². The van der Waals surface area contributed by atoms with E-state index in [1.165, 1.54) is 0 Å². The minimum atomic E-state index is -1.51. The van der Waals surface area contributed by atoms with E-state index < -0.39 is 24.1 Å². The van der Waals surface area contributed by atoms with E-state index in [1.807, 2.05) is 24.3 Å². The van der Waals surface area contributed by atoms with Gasteiger partial charge in [0.05, 0.1) is 5.92 Å². The summed E-state index contributed by atoms with van der Waals surface area (Å²) in [6.07, 6.45) is -0.0455. The van der Waals surface area contributed by atoms with Crippen LogP contribution in [-0.2, 0) is 14.3 Å². The Hall–Kier alpha value is -3.39. The molecule has 174 valence electrons. The Morgan fingerprint density at radius 2 is 1.64 bits per heavy atom. The molecule has 2 aromatic carbocycles. The number of hydrogen-bond donors (Lipinski definition) is 4. The molecule has 0 spiro atoms. The van der Waals surface area contributed by atoms with Crippen molar-refractivity contribution >= 4 is 18.0 Å². The zero-order valence-corrected chi connectivity index (χ0v) is 18.2. The average molecular weight is 453 g/mol. The lowest BCUT2D eigenvalue weighted by Crippen LogP contribution is -2.45. The van der Waals surface area contributed by atoms with E-state index >= 15 is 0 Å². The van der Waals surface area contributed by atoms with Gasteiger partial charge >= 0.3 is 12.1 Å². The number of benzene rings is 2. The summed E-state index contributed by atoms with van der Waals surface area (Å²) in [6.45, 7) is 0.261. The maximum absolute atomic E-state index is 12.6. The number of aliphatic hydroxyl groups excluding tert-OH is 1. The Morgan fingerprint density at radius 1 is 1.00 bits per heavy atom. The molecule has 2 aromatic rings. The van der Waals surface area contributed by atoms with Crippen LogP contribution in [0.5, 0.6) is 0 Å². The fraction of sp³-hybridized carbons (Fsp3) is 0.400. The number of nitrogens with one attached hydrogen (secondary N) is 2. The number of aliphatic hydroxyl groups is 1. The number of carboxylic acid groups (broad SMARTS) is 1. The predicted molar refractivity (Wildman–Crippen MR) is 121 cm³/mol. The van der Waals surface area contributed by atoms with Crippen LogP contribution in [0.1, 0.15) is 42.7 Å². The summed E-state index contributed by atoms with van der Waals surface area (Å²) in [5.41, 5.74) is 4.58. The number of hydrogen-bond acceptors (Lipinski definition) is 5. The molecule has 8 heteroatoms. The summed E-state index contributed by atoms with van der Waals surface area (Å²) >= 11 is 0. The monoisotopic (exact) mass is 452 g/mol. The second-order valence-corrected chi connectivity index (χ2v) is 8.55. The third-order valence-corrected chi connectivity index (χ3v) is 6.50. The molecule has 33 heavy (non-hydrogen) atoms. The molecule has 0 aliphatic heterocycles. The smallest absolute Gasteiger partial charge is 0.407 e. The van der Waals surface area contributed by atoms with Crippen LogP contribution < -0.4 is 10.6 Å². The van der Waals surface area contributed by atoms with Crippen molar-refractivity contribution in [1.82, 2.24) is 10.6 Å². The van der Waals surface area contributed by atoms with Crippen molar-refractivity contribution in [3.05, 3.63) is 59.7 Å². The molecule has 8 nitrogen and oxygen atoms in total. The lowest BCUT2D eigenvalue weighted by molar-refractivity contribution is -0.147. The molecule has 4 rings (SSSR count). The lowest BCUT2D eigenvalue weighted by Gasteiger charge is -2.21. The zero-order valence-electron chi connectivity index (χ0n) is 18.2. The maximum Gasteiger partial charge on any atom is 0.407 e. The van der Waals surface area contributed by atoms with Crippen molar-refractivity contribution in [1.29, 1.82) is 0 Å². The topological polar surface area (TPSA) is 125 Å². The summed E-state index contributed by atoms with van der Waals surface area (Å²) in [5.74, 6) is -2.02. The van der Waals surface area contributed by atoms with Gasteiger partial charge in [0.25, 0.3) is 0 Å². The number of rotatable bonds is 8. The van der Waals surface area contributed by atoms with Gasteiger partial charge in [0.2, 0.25) is 5.91 Å². The molecule has 2 amide bonds. The number of carbonyl (C=O) groups is 3. The number of amides is 2. The molecule has 4 N–H and O–H groups in total. The van der Waals surface area contributed by atoms with Gasteiger partial charge in [-0.15, -0.1) is 0 Å². The quantitative estimate of drug-likeness (QED) is 0.488. The number of alkyl carbamates (subject to hydrolysis) is 1. The van der Waals surface area contributed by atoms with Crippen molar-refractivity contribution in [2.75, 3.05) is 13.2 Å². The van der Waals surface area contributed by atoms with Gasteiger partial charge in [-0.25, -0.2) is 9.59 Å². The molecule has 0 saturated heterocycles. The lowest BCUT2D eigenvalue weighted by atomic mass is 9.98. The van der Waals surface area contributed by atoms with Crippen molar-refractivity contribution in [2.45, 2.75) is 43.7 Å². The van der Waals surface area contributed by atoms with Gasteiger partial charge < -0.3 is 25.6 Å². The van der Waals surface area contributed by atoms with Gasteiger partial charge in [0.15, 0.2) is 6.10 Å². The highest BCUT2D eigenvalue weighted by molar-refractivity contribution is 5.81. The summed E-state index contributed by atoms with van der Waals surface area (Å²) in [6, 6.07) is 15.9. The summed E-state index contributed by atoms with van der Waals surface area (Å²) in [7, 11) is 0. The number of carbonyl (C=O) groups excluding carboxylic acids is 2. The first-order valence-electron chi connectivity index (χ1n) is 11.3. The Morgan fingerprint density at radius 3 is 2.27 bits per heavy atom. The highest BCUT2D eigenvalue weighted by Gasteiger charge is 2.35.